The summed E-state index contributed by atoms with van der Waals surface area (Å²) in [5.41, 5.74) is 8.02. The first-order valence-corrected chi connectivity index (χ1v) is 6.96. The molecule has 0 bridgehead atoms. The number of hydrogen-bond acceptors (Lipinski definition) is 2. The summed E-state index contributed by atoms with van der Waals surface area (Å²) in [5.74, 6) is 0.560. The maximum atomic E-state index is 6.11. The maximum Gasteiger partial charge on any atom is 0.201 e. The van der Waals surface area contributed by atoms with Crippen molar-refractivity contribution in [2.24, 2.45) is 0 Å². The van der Waals surface area contributed by atoms with Crippen LogP contribution in [0.25, 0.3) is 11.0 Å². The molecule has 0 amide bonds. The van der Waals surface area contributed by atoms with Crippen molar-refractivity contribution in [2.45, 2.75) is 38.1 Å². The number of rotatable bonds is 2. The number of imidazole rings is 1. The molecule has 2 N–H and O–H groups in total. The Morgan fingerprint density at radius 3 is 2.56 bits per heavy atom. The average Bonchev–Trinajstić information content (AvgIpc) is 2.57. The van der Waals surface area contributed by atoms with Gasteiger partial charge in [-0.3, -0.25) is 0 Å². The zero-order valence-corrected chi connectivity index (χ0v) is 11.7. The fourth-order valence-electron chi connectivity index (χ4n) is 2.91. The lowest BCUT2D eigenvalue weighted by Crippen LogP contribution is -2.40. The summed E-state index contributed by atoms with van der Waals surface area (Å²) in [7, 11) is 0. The van der Waals surface area contributed by atoms with Gasteiger partial charge < -0.3 is 10.3 Å². The third-order valence-corrected chi connectivity index (χ3v) is 4.86. The second-order valence-corrected chi connectivity index (χ2v) is 5.81. The fraction of sp³-hybridized carbons (Fsp3) is 0.462. The van der Waals surface area contributed by atoms with E-state index in [1.807, 2.05) is 6.07 Å². The Balaban J connectivity index is 2.28. The number of nitrogens with zero attached hydrogens (tertiary/aromatic N) is 2. The van der Waals surface area contributed by atoms with Crippen molar-refractivity contribution in [3.05, 3.63) is 22.2 Å². The molecule has 18 heavy (non-hydrogen) atoms. The molecule has 0 radical (unpaired) electrons. The van der Waals surface area contributed by atoms with Crippen LogP contribution >= 0.6 is 23.2 Å². The SMILES string of the molecule is CCC1(n2c(N)nc3cc(Cl)c(Cl)cc32)CCC1. The molecule has 1 aromatic heterocycles. The van der Waals surface area contributed by atoms with Crippen molar-refractivity contribution < 1.29 is 0 Å². The summed E-state index contributed by atoms with van der Waals surface area (Å²) in [6.07, 6.45) is 4.61. The molecule has 3 nitrogen and oxygen atoms in total. The van der Waals surface area contributed by atoms with E-state index in [0.29, 0.717) is 16.0 Å². The quantitative estimate of drug-likeness (QED) is 0.897. The number of anilines is 1. The Morgan fingerprint density at radius 1 is 1.33 bits per heavy atom. The van der Waals surface area contributed by atoms with E-state index >= 15 is 0 Å². The third-order valence-electron chi connectivity index (χ3n) is 4.14. The van der Waals surface area contributed by atoms with E-state index in [-0.39, 0.29) is 5.54 Å². The van der Waals surface area contributed by atoms with Gasteiger partial charge in [0.05, 0.1) is 21.1 Å². The molecule has 0 saturated heterocycles. The maximum absolute atomic E-state index is 6.11. The summed E-state index contributed by atoms with van der Waals surface area (Å²) >= 11 is 12.1. The fourth-order valence-corrected chi connectivity index (χ4v) is 3.23. The van der Waals surface area contributed by atoms with Crippen LogP contribution in [-0.4, -0.2) is 9.55 Å². The van der Waals surface area contributed by atoms with Gasteiger partial charge in [0.2, 0.25) is 5.95 Å². The van der Waals surface area contributed by atoms with E-state index in [1.165, 1.54) is 6.42 Å². The Morgan fingerprint density at radius 2 is 2.00 bits per heavy atom. The zero-order chi connectivity index (χ0) is 12.9. The first kappa shape index (κ1) is 12.1. The van der Waals surface area contributed by atoms with Gasteiger partial charge in [0.25, 0.3) is 0 Å². The largest absolute Gasteiger partial charge is 0.369 e. The minimum absolute atomic E-state index is 0.121. The number of hydrogen-bond donors (Lipinski definition) is 1. The number of benzene rings is 1. The summed E-state index contributed by atoms with van der Waals surface area (Å²) < 4.78 is 2.15. The molecule has 1 fully saturated rings. The van der Waals surface area contributed by atoms with Crippen molar-refractivity contribution >= 4 is 40.2 Å². The summed E-state index contributed by atoms with van der Waals surface area (Å²) in [6, 6.07) is 3.66. The molecule has 96 valence electrons. The van der Waals surface area contributed by atoms with Crippen LogP contribution in [0.15, 0.2) is 12.1 Å². The highest BCUT2D eigenvalue weighted by atomic mass is 35.5. The number of fused-ring (bicyclic) bond motifs is 1. The minimum Gasteiger partial charge on any atom is -0.369 e. The van der Waals surface area contributed by atoms with Crippen LogP contribution in [0.3, 0.4) is 0 Å². The number of halogens is 2. The molecule has 0 unspecified atom stereocenters. The van der Waals surface area contributed by atoms with Crippen LogP contribution in [0.5, 0.6) is 0 Å². The molecular weight excluding hydrogens is 269 g/mol. The highest BCUT2D eigenvalue weighted by Gasteiger charge is 2.39. The minimum atomic E-state index is 0.121. The molecule has 1 aliphatic rings. The van der Waals surface area contributed by atoms with Crippen LogP contribution in [-0.2, 0) is 5.54 Å². The van der Waals surface area contributed by atoms with Crippen molar-refractivity contribution in [2.75, 3.05) is 5.73 Å². The molecule has 3 rings (SSSR count). The molecule has 1 saturated carbocycles. The molecule has 0 spiro atoms. The second-order valence-electron chi connectivity index (χ2n) is 4.99. The summed E-state index contributed by atoms with van der Waals surface area (Å²) in [4.78, 5) is 4.41. The van der Waals surface area contributed by atoms with Crippen molar-refractivity contribution in [1.29, 1.82) is 0 Å². The highest BCUT2D eigenvalue weighted by Crippen LogP contribution is 2.45. The third kappa shape index (κ3) is 1.54. The van der Waals surface area contributed by atoms with E-state index < -0.39 is 0 Å². The number of aromatic nitrogens is 2. The predicted molar refractivity (Wildman–Crippen MR) is 76.3 cm³/mol. The Kier molecular flexibility index (Phi) is 2.72. The van der Waals surface area contributed by atoms with Crippen LogP contribution in [0.1, 0.15) is 32.6 Å². The normalized spacial score (nSPS) is 17.9. The van der Waals surface area contributed by atoms with E-state index in [9.17, 15) is 0 Å². The van der Waals surface area contributed by atoms with Gasteiger partial charge >= 0.3 is 0 Å². The first-order chi connectivity index (χ1) is 8.57. The van der Waals surface area contributed by atoms with Gasteiger partial charge in [0.15, 0.2) is 0 Å². The molecular formula is C13H15Cl2N3. The van der Waals surface area contributed by atoms with Gasteiger partial charge in [0, 0.05) is 5.54 Å². The molecule has 0 atom stereocenters. The average molecular weight is 284 g/mol. The van der Waals surface area contributed by atoms with E-state index in [4.69, 9.17) is 28.9 Å². The molecule has 5 heteroatoms. The zero-order valence-electron chi connectivity index (χ0n) is 10.2. The van der Waals surface area contributed by atoms with Crippen molar-refractivity contribution in [1.82, 2.24) is 9.55 Å². The lowest BCUT2D eigenvalue weighted by atomic mass is 9.74. The Hall–Kier alpha value is -0.930. The standard InChI is InChI=1S/C13H15Cl2N3/c1-2-13(4-3-5-13)18-11-7-9(15)8(14)6-10(11)17-12(18)16/h6-7H,2-5H2,1H3,(H2,16,17). The lowest BCUT2D eigenvalue weighted by molar-refractivity contribution is 0.144. The van der Waals surface area contributed by atoms with Gasteiger partial charge in [-0.2, -0.15) is 0 Å². The highest BCUT2D eigenvalue weighted by molar-refractivity contribution is 6.42. The first-order valence-electron chi connectivity index (χ1n) is 6.21. The summed E-state index contributed by atoms with van der Waals surface area (Å²) in [5, 5.41) is 1.07. The molecule has 1 heterocycles. The summed E-state index contributed by atoms with van der Waals surface area (Å²) in [6.45, 7) is 2.20. The van der Waals surface area contributed by atoms with E-state index in [1.54, 1.807) is 6.07 Å². The Labute approximate surface area is 116 Å². The van der Waals surface area contributed by atoms with Gasteiger partial charge in [-0.1, -0.05) is 30.1 Å². The van der Waals surface area contributed by atoms with Crippen molar-refractivity contribution in [3.8, 4) is 0 Å². The Bertz CT molecular complexity index is 609. The lowest BCUT2D eigenvalue weighted by Gasteiger charge is -2.43. The van der Waals surface area contributed by atoms with Crippen LogP contribution in [0.4, 0.5) is 5.95 Å². The van der Waals surface area contributed by atoms with Crippen LogP contribution in [0, 0.1) is 0 Å². The number of nitrogens with two attached hydrogens (primary N) is 1. The monoisotopic (exact) mass is 283 g/mol. The molecule has 0 aliphatic heterocycles. The van der Waals surface area contributed by atoms with Crippen LogP contribution < -0.4 is 5.73 Å². The number of nitrogen functional groups attached to an aromatic ring is 1. The van der Waals surface area contributed by atoms with Gasteiger partial charge in [0.1, 0.15) is 0 Å². The van der Waals surface area contributed by atoms with Gasteiger partial charge in [-0.05, 0) is 37.8 Å². The van der Waals surface area contributed by atoms with Gasteiger partial charge in [-0.25, -0.2) is 4.98 Å². The predicted octanol–water partition coefficient (Wildman–Crippen LogP) is 4.21. The van der Waals surface area contributed by atoms with E-state index in [2.05, 4.69) is 16.5 Å². The second kappa shape index (κ2) is 4.04. The van der Waals surface area contributed by atoms with Gasteiger partial charge in [-0.15, -0.1) is 0 Å². The molecule has 1 aliphatic carbocycles. The van der Waals surface area contributed by atoms with Crippen molar-refractivity contribution in [3.63, 3.8) is 0 Å². The smallest absolute Gasteiger partial charge is 0.201 e. The molecule has 2 aromatic rings. The molecule has 1 aromatic carbocycles. The van der Waals surface area contributed by atoms with Crippen LogP contribution in [0.2, 0.25) is 10.0 Å². The van der Waals surface area contributed by atoms with E-state index in [0.717, 1.165) is 30.3 Å². The topological polar surface area (TPSA) is 43.8 Å².